The van der Waals surface area contributed by atoms with E-state index in [2.05, 4.69) is 10.6 Å². The monoisotopic (exact) mass is 346 g/mol. The van der Waals surface area contributed by atoms with Gasteiger partial charge < -0.3 is 15.5 Å². The Kier molecular flexibility index (Phi) is 7.40. The third-order valence-electron chi connectivity index (χ3n) is 3.21. The maximum atomic E-state index is 13.0. The van der Waals surface area contributed by atoms with Gasteiger partial charge in [-0.1, -0.05) is 30.4 Å². The molecule has 0 spiro atoms. The highest BCUT2D eigenvalue weighted by Crippen LogP contribution is 2.34. The van der Waals surface area contributed by atoms with E-state index in [1.807, 2.05) is 0 Å². The summed E-state index contributed by atoms with van der Waals surface area (Å²) >= 11 is 0. The topological polar surface area (TPSA) is 98.7 Å². The number of aliphatic hydroxyl groups excluding tert-OH is 1. The number of rotatable bonds is 4. The largest absolute Gasteiger partial charge is 0.483 e. The molecule has 1 aromatic rings. The molecule has 9 heteroatoms. The summed E-state index contributed by atoms with van der Waals surface area (Å²) in [6.07, 6.45) is -1.17. The lowest BCUT2D eigenvalue weighted by molar-refractivity contribution is -0.139. The Morgan fingerprint density at radius 3 is 2.54 bits per heavy atom. The van der Waals surface area contributed by atoms with Crippen LogP contribution in [0.15, 0.2) is 36.4 Å². The minimum Gasteiger partial charge on any atom is -0.483 e. The first-order chi connectivity index (χ1) is 11.3. The molecule has 0 fully saturated rings. The Bertz CT molecular complexity index is 590. The molecular formula is C15H17F3N2O4. The smallest absolute Gasteiger partial charge is 0.416 e. The molecule has 2 rings (SSSR count). The number of benzene rings is 1. The van der Waals surface area contributed by atoms with E-state index in [1.165, 1.54) is 18.2 Å². The van der Waals surface area contributed by atoms with Crippen molar-refractivity contribution in [2.24, 2.45) is 0 Å². The lowest BCUT2D eigenvalue weighted by Crippen LogP contribution is -2.43. The fourth-order valence-electron chi connectivity index (χ4n) is 2.19. The Morgan fingerprint density at radius 1 is 1.42 bits per heavy atom. The van der Waals surface area contributed by atoms with Crippen molar-refractivity contribution in [3.8, 4) is 0 Å². The highest BCUT2D eigenvalue weighted by Gasteiger charge is 2.35. The molecule has 0 aliphatic carbocycles. The molecule has 1 aromatic carbocycles. The summed E-state index contributed by atoms with van der Waals surface area (Å²) < 4.78 is 38.9. The number of carbonyl (C=O) groups excluding carboxylic acids is 1. The first-order valence-corrected chi connectivity index (χ1v) is 6.90. The fourth-order valence-corrected chi connectivity index (χ4v) is 2.19. The highest BCUT2D eigenvalue weighted by atomic mass is 19.4. The minimum atomic E-state index is -4.54. The molecular weight excluding hydrogens is 329 g/mol. The van der Waals surface area contributed by atoms with Crippen LogP contribution in [0.1, 0.15) is 17.2 Å². The third-order valence-corrected chi connectivity index (χ3v) is 3.21. The summed E-state index contributed by atoms with van der Waals surface area (Å²) in [6, 6.07) is 3.19. The summed E-state index contributed by atoms with van der Waals surface area (Å²) in [5.41, 5.74) is -1.01. The van der Waals surface area contributed by atoms with Gasteiger partial charge in [0.1, 0.15) is 6.04 Å². The van der Waals surface area contributed by atoms with E-state index >= 15 is 0 Å². The van der Waals surface area contributed by atoms with Crippen LogP contribution < -0.4 is 10.6 Å². The molecule has 1 unspecified atom stereocenters. The Morgan fingerprint density at radius 2 is 2.04 bits per heavy atom. The van der Waals surface area contributed by atoms with Gasteiger partial charge >= 0.3 is 6.18 Å². The van der Waals surface area contributed by atoms with E-state index in [4.69, 9.17) is 9.90 Å². The Labute approximate surface area is 136 Å². The lowest BCUT2D eigenvalue weighted by atomic mass is 10.00. The van der Waals surface area contributed by atoms with Crippen LogP contribution in [0.4, 0.5) is 13.2 Å². The minimum absolute atomic E-state index is 0.150. The third kappa shape index (κ3) is 5.36. The molecule has 24 heavy (non-hydrogen) atoms. The molecule has 6 nitrogen and oxygen atoms in total. The van der Waals surface area contributed by atoms with Crippen molar-refractivity contribution in [1.29, 1.82) is 0 Å². The first-order valence-electron chi connectivity index (χ1n) is 6.90. The van der Waals surface area contributed by atoms with E-state index in [1.54, 1.807) is 12.2 Å². The molecule has 132 valence electrons. The molecule has 1 aliphatic heterocycles. The molecule has 0 bridgehead atoms. The van der Waals surface area contributed by atoms with Crippen molar-refractivity contribution in [1.82, 2.24) is 10.6 Å². The van der Waals surface area contributed by atoms with Crippen molar-refractivity contribution >= 4 is 12.4 Å². The van der Waals surface area contributed by atoms with Gasteiger partial charge in [-0.3, -0.25) is 14.9 Å². The highest BCUT2D eigenvalue weighted by molar-refractivity contribution is 5.84. The van der Waals surface area contributed by atoms with Crippen molar-refractivity contribution < 1.29 is 33.0 Å². The lowest BCUT2D eigenvalue weighted by Gasteiger charge is -2.22. The van der Waals surface area contributed by atoms with Gasteiger partial charge in [0.2, 0.25) is 5.91 Å². The number of aliphatic hydroxyl groups is 1. The van der Waals surface area contributed by atoms with Crippen molar-refractivity contribution in [3.63, 3.8) is 0 Å². The number of carboxylic acid groups (broad SMARTS) is 1. The van der Waals surface area contributed by atoms with E-state index in [0.717, 1.165) is 6.07 Å². The summed E-state index contributed by atoms with van der Waals surface area (Å²) in [5, 5.41) is 21.5. The van der Waals surface area contributed by atoms with Crippen LogP contribution >= 0.6 is 0 Å². The predicted octanol–water partition coefficient (Wildman–Crippen LogP) is 1.08. The summed E-state index contributed by atoms with van der Waals surface area (Å²) in [5.74, 6) is -0.472. The molecule has 0 saturated carbocycles. The number of nitrogens with one attached hydrogen (secondary N) is 2. The number of amides is 1. The molecule has 1 aliphatic rings. The normalized spacial score (nSPS) is 17.6. The standard InChI is InChI=1S/C14H15F3N2O2.CH2O2/c15-14(16,17)10-5-2-1-4-9(10)12(8-20)19-13(21)11-6-3-7-18-11;2-1-3/h1-6,11-12,18,20H,7-8H2,(H,19,21);1H,(H,2,3)/t11-,12?;/m0./s1. The molecule has 0 aromatic heterocycles. The summed E-state index contributed by atoms with van der Waals surface area (Å²) in [7, 11) is 0. The molecule has 1 amide bonds. The van der Waals surface area contributed by atoms with Gasteiger partial charge in [0.15, 0.2) is 0 Å². The van der Waals surface area contributed by atoms with Crippen LogP contribution in [0.5, 0.6) is 0 Å². The van der Waals surface area contributed by atoms with E-state index in [0.29, 0.717) is 6.54 Å². The van der Waals surface area contributed by atoms with Gasteiger partial charge in [-0.25, -0.2) is 0 Å². The van der Waals surface area contributed by atoms with Crippen LogP contribution in [-0.4, -0.2) is 41.8 Å². The predicted molar refractivity (Wildman–Crippen MR) is 79.0 cm³/mol. The Balaban J connectivity index is 0.000000891. The molecule has 0 saturated heterocycles. The second kappa shape index (κ2) is 9.04. The van der Waals surface area contributed by atoms with Crippen molar-refractivity contribution in [2.45, 2.75) is 18.3 Å². The maximum Gasteiger partial charge on any atom is 0.416 e. The Hall–Kier alpha value is -2.39. The number of halogens is 3. The second-order valence-corrected chi connectivity index (χ2v) is 4.75. The SMILES string of the molecule is O=C(NC(CO)c1ccccc1C(F)(F)F)[C@@H]1C=CCN1.O=CO. The zero-order chi connectivity index (χ0) is 18.2. The van der Waals surface area contributed by atoms with Crippen LogP contribution in [0.3, 0.4) is 0 Å². The molecule has 1 heterocycles. The average molecular weight is 346 g/mol. The number of carbonyl (C=O) groups is 2. The fraction of sp³-hybridized carbons (Fsp3) is 0.333. The summed E-state index contributed by atoms with van der Waals surface area (Å²) in [6.45, 7) is -0.337. The van der Waals surface area contributed by atoms with Gasteiger partial charge in [0, 0.05) is 6.54 Å². The summed E-state index contributed by atoms with van der Waals surface area (Å²) in [4.78, 5) is 20.3. The van der Waals surface area contributed by atoms with Crippen molar-refractivity contribution in [3.05, 3.63) is 47.5 Å². The van der Waals surface area contributed by atoms with Crippen molar-refractivity contribution in [2.75, 3.05) is 13.2 Å². The molecule has 2 atom stereocenters. The average Bonchev–Trinajstić information content (AvgIpc) is 3.07. The number of hydrogen-bond acceptors (Lipinski definition) is 4. The molecule has 4 N–H and O–H groups in total. The van der Waals surface area contributed by atoms with E-state index < -0.39 is 36.3 Å². The van der Waals surface area contributed by atoms with Crippen LogP contribution in [0.2, 0.25) is 0 Å². The van der Waals surface area contributed by atoms with E-state index in [9.17, 15) is 23.1 Å². The zero-order valence-corrected chi connectivity index (χ0v) is 12.5. The quantitative estimate of drug-likeness (QED) is 0.483. The van der Waals surface area contributed by atoms with Crippen LogP contribution in [0.25, 0.3) is 0 Å². The van der Waals surface area contributed by atoms with Gasteiger partial charge in [-0.05, 0) is 11.6 Å². The van der Waals surface area contributed by atoms with Crippen LogP contribution in [0, 0.1) is 0 Å². The van der Waals surface area contributed by atoms with Gasteiger partial charge in [0.25, 0.3) is 6.47 Å². The van der Waals surface area contributed by atoms with Crippen LogP contribution in [-0.2, 0) is 15.8 Å². The second-order valence-electron chi connectivity index (χ2n) is 4.75. The maximum absolute atomic E-state index is 13.0. The van der Waals surface area contributed by atoms with Gasteiger partial charge in [0.05, 0.1) is 18.2 Å². The zero-order valence-electron chi connectivity index (χ0n) is 12.5. The van der Waals surface area contributed by atoms with E-state index in [-0.39, 0.29) is 12.0 Å². The molecule has 0 radical (unpaired) electrons. The van der Waals surface area contributed by atoms with Gasteiger partial charge in [-0.15, -0.1) is 0 Å². The first kappa shape index (κ1) is 19.7. The van der Waals surface area contributed by atoms with Gasteiger partial charge in [-0.2, -0.15) is 13.2 Å². The number of hydrogen-bond donors (Lipinski definition) is 4. The number of alkyl halides is 3.